The summed E-state index contributed by atoms with van der Waals surface area (Å²) in [6, 6.07) is 0. The minimum Gasteiger partial charge on any atom is -0.462 e. The predicted octanol–water partition coefficient (Wildman–Crippen LogP) is 16.5. The van der Waals surface area contributed by atoms with E-state index in [2.05, 4.69) is 148 Å². The first-order valence-electron chi connectivity index (χ1n) is 24.7. The van der Waals surface area contributed by atoms with Gasteiger partial charge >= 0.3 is 11.9 Å². The maximum Gasteiger partial charge on any atom is 0.306 e. The van der Waals surface area contributed by atoms with Crippen molar-refractivity contribution in [1.29, 1.82) is 0 Å². The van der Waals surface area contributed by atoms with Crippen LogP contribution in [0.4, 0.5) is 0 Å². The second kappa shape index (κ2) is 51.4. The van der Waals surface area contributed by atoms with Crippen LogP contribution >= 0.6 is 0 Å². The van der Waals surface area contributed by atoms with Gasteiger partial charge in [-0.25, -0.2) is 0 Å². The smallest absolute Gasteiger partial charge is 0.306 e. The van der Waals surface area contributed by atoms with E-state index in [-0.39, 0.29) is 31.6 Å². The number of hydrogen-bond acceptors (Lipinski definition) is 5. The van der Waals surface area contributed by atoms with Gasteiger partial charge in [-0.1, -0.05) is 199 Å². The second-order valence-corrected chi connectivity index (χ2v) is 15.8. The average Bonchev–Trinajstić information content (AvgIpc) is 3.28. The van der Waals surface area contributed by atoms with Gasteiger partial charge in [0.2, 0.25) is 0 Å². The van der Waals surface area contributed by atoms with Gasteiger partial charge in [-0.3, -0.25) is 9.59 Å². The Hall–Kier alpha value is -3.96. The summed E-state index contributed by atoms with van der Waals surface area (Å²) >= 11 is 0. The van der Waals surface area contributed by atoms with Crippen LogP contribution in [-0.2, 0) is 19.1 Å². The van der Waals surface area contributed by atoms with E-state index in [0.717, 1.165) is 103 Å². The summed E-state index contributed by atoms with van der Waals surface area (Å²) in [6.45, 7) is 3.96. The highest BCUT2D eigenvalue weighted by atomic mass is 16.6. The lowest BCUT2D eigenvalue weighted by Gasteiger charge is -2.15. The Kier molecular flexibility index (Phi) is 48.1. The Labute approximate surface area is 381 Å². The Balaban J connectivity index is 3.72. The topological polar surface area (TPSA) is 72.8 Å². The van der Waals surface area contributed by atoms with E-state index in [0.29, 0.717) is 12.8 Å². The van der Waals surface area contributed by atoms with Gasteiger partial charge in [-0.05, 0) is 116 Å². The minimum absolute atomic E-state index is 0.0963. The van der Waals surface area contributed by atoms with E-state index in [1.807, 2.05) is 0 Å². The number of esters is 2. The number of rotatable bonds is 43. The molecule has 0 radical (unpaired) electrons. The van der Waals surface area contributed by atoms with Crippen molar-refractivity contribution in [3.63, 3.8) is 0 Å². The van der Waals surface area contributed by atoms with Crippen molar-refractivity contribution in [3.8, 4) is 0 Å². The third-order valence-electron chi connectivity index (χ3n) is 9.93. The molecule has 1 atom stereocenters. The first kappa shape index (κ1) is 58.0. The maximum absolute atomic E-state index is 12.2. The summed E-state index contributed by atoms with van der Waals surface area (Å²) in [7, 11) is 0. The fraction of sp³-hybridized carbons (Fsp3) is 0.579. The van der Waals surface area contributed by atoms with Crippen molar-refractivity contribution in [2.75, 3.05) is 13.2 Å². The van der Waals surface area contributed by atoms with Crippen LogP contribution in [0.2, 0.25) is 0 Å². The van der Waals surface area contributed by atoms with E-state index in [9.17, 15) is 14.7 Å². The third kappa shape index (κ3) is 48.7. The summed E-state index contributed by atoms with van der Waals surface area (Å²) in [6.07, 6.45) is 76.8. The molecule has 0 aliphatic heterocycles. The molecule has 5 nitrogen and oxygen atoms in total. The Morgan fingerprint density at radius 3 is 1.10 bits per heavy atom. The largest absolute Gasteiger partial charge is 0.462 e. The molecule has 62 heavy (non-hydrogen) atoms. The van der Waals surface area contributed by atoms with Crippen LogP contribution in [0.15, 0.2) is 134 Å². The summed E-state index contributed by atoms with van der Waals surface area (Å²) in [5.41, 5.74) is 0. The lowest BCUT2D eigenvalue weighted by molar-refractivity contribution is -0.161. The molecule has 0 aromatic carbocycles. The van der Waals surface area contributed by atoms with Gasteiger partial charge in [0.15, 0.2) is 6.10 Å². The zero-order chi connectivity index (χ0) is 44.9. The molecule has 0 aromatic rings. The third-order valence-corrected chi connectivity index (χ3v) is 9.93. The number of aliphatic hydroxyl groups is 1. The SMILES string of the molecule is CC/C=C\C/C=C\C/C=C\C/C=C\C/C=C\C/C=C\C/C=C\C/C=C\C/C=C\C/C=C\CCCCC(=O)OC(CO)COC(=O)CCCCCCC/C=C\CCCCCCCC. The van der Waals surface area contributed by atoms with Crippen molar-refractivity contribution in [2.24, 2.45) is 0 Å². The van der Waals surface area contributed by atoms with Gasteiger partial charge in [0.25, 0.3) is 0 Å². The number of unbranched alkanes of at least 4 members (excludes halogenated alkanes) is 13. The highest BCUT2D eigenvalue weighted by Crippen LogP contribution is 2.11. The van der Waals surface area contributed by atoms with Gasteiger partial charge < -0.3 is 14.6 Å². The number of aliphatic hydroxyl groups excluding tert-OH is 1. The van der Waals surface area contributed by atoms with Crippen LogP contribution in [0.1, 0.15) is 194 Å². The molecule has 0 heterocycles. The summed E-state index contributed by atoms with van der Waals surface area (Å²) in [5.74, 6) is -0.663. The van der Waals surface area contributed by atoms with Crippen LogP contribution in [0, 0.1) is 0 Å². The predicted molar refractivity (Wildman–Crippen MR) is 269 cm³/mol. The van der Waals surface area contributed by atoms with Crippen molar-refractivity contribution >= 4 is 11.9 Å². The van der Waals surface area contributed by atoms with Gasteiger partial charge in [-0.2, -0.15) is 0 Å². The molecule has 0 fully saturated rings. The number of ether oxygens (including phenoxy) is 2. The molecule has 0 saturated heterocycles. The average molecular weight is 855 g/mol. The molecule has 0 saturated carbocycles. The minimum atomic E-state index is -0.808. The highest BCUT2D eigenvalue weighted by molar-refractivity contribution is 5.70. The molecular formula is C57H90O5. The normalized spacial score (nSPS) is 13.4. The number of carbonyl (C=O) groups excluding carboxylic acids is 2. The monoisotopic (exact) mass is 855 g/mol. The quantitative estimate of drug-likeness (QED) is 0.0376. The summed E-state index contributed by atoms with van der Waals surface area (Å²) in [5, 5.41) is 9.60. The van der Waals surface area contributed by atoms with Gasteiger partial charge in [-0.15, -0.1) is 0 Å². The van der Waals surface area contributed by atoms with Gasteiger partial charge in [0.1, 0.15) is 6.61 Å². The van der Waals surface area contributed by atoms with Crippen LogP contribution in [0.3, 0.4) is 0 Å². The van der Waals surface area contributed by atoms with Crippen molar-refractivity contribution in [1.82, 2.24) is 0 Å². The molecule has 1 N–H and O–H groups in total. The Morgan fingerprint density at radius 2 is 0.694 bits per heavy atom. The lowest BCUT2D eigenvalue weighted by atomic mass is 10.1. The summed E-state index contributed by atoms with van der Waals surface area (Å²) < 4.78 is 10.6. The molecule has 1 unspecified atom stereocenters. The van der Waals surface area contributed by atoms with Crippen molar-refractivity contribution in [2.45, 2.75) is 200 Å². The van der Waals surface area contributed by atoms with Gasteiger partial charge in [0.05, 0.1) is 6.61 Å². The number of carbonyl (C=O) groups is 2. The van der Waals surface area contributed by atoms with Crippen molar-refractivity contribution in [3.05, 3.63) is 134 Å². The second-order valence-electron chi connectivity index (χ2n) is 15.8. The van der Waals surface area contributed by atoms with Crippen LogP contribution in [0.25, 0.3) is 0 Å². The molecule has 5 heteroatoms. The molecule has 348 valence electrons. The van der Waals surface area contributed by atoms with E-state index < -0.39 is 6.10 Å². The Morgan fingerprint density at radius 1 is 0.387 bits per heavy atom. The highest BCUT2D eigenvalue weighted by Gasteiger charge is 2.16. The standard InChI is InChI=1S/C57H90O5/c1-3-5-7-9-11-13-15-17-19-20-21-22-23-24-25-26-27-28-29-30-31-32-33-34-35-36-38-40-42-44-46-48-50-52-57(60)62-55(53-58)54-61-56(59)51-49-47-45-43-41-39-37-18-16-14-12-10-8-6-4-2/h5,7,11,13,17-19,21-22,24-25,27-28,30-31,33-34,36-38,42,44,55,58H,3-4,6,8-10,12,14-16,20,23,26,29,32,35,39-41,43,45-54H2,1-2H3/b7-5-,13-11-,19-17-,22-21-,25-24-,28-27-,31-30-,34-33-,37-18-,38-36-,44-42-. The first-order chi connectivity index (χ1) is 30.6. The molecule has 0 rings (SSSR count). The van der Waals surface area contributed by atoms with E-state index in [1.54, 1.807) is 0 Å². The zero-order valence-corrected chi connectivity index (χ0v) is 39.6. The molecule has 0 spiro atoms. The van der Waals surface area contributed by atoms with E-state index in [4.69, 9.17) is 9.47 Å². The van der Waals surface area contributed by atoms with Crippen molar-refractivity contribution < 1.29 is 24.2 Å². The lowest BCUT2D eigenvalue weighted by Crippen LogP contribution is -2.28. The van der Waals surface area contributed by atoms with Crippen LogP contribution in [-0.4, -0.2) is 36.4 Å². The van der Waals surface area contributed by atoms with E-state index in [1.165, 1.54) is 57.8 Å². The first-order valence-corrected chi connectivity index (χ1v) is 24.7. The van der Waals surface area contributed by atoms with E-state index >= 15 is 0 Å². The molecule has 0 aliphatic rings. The number of hydrogen-bond donors (Lipinski definition) is 1. The maximum atomic E-state index is 12.2. The molecule has 0 bridgehead atoms. The fourth-order valence-corrected chi connectivity index (χ4v) is 6.22. The number of allylic oxidation sites excluding steroid dienone is 22. The molecule has 0 amide bonds. The Bertz CT molecular complexity index is 1330. The zero-order valence-electron chi connectivity index (χ0n) is 39.6. The van der Waals surface area contributed by atoms with Gasteiger partial charge in [0, 0.05) is 12.8 Å². The van der Waals surface area contributed by atoms with Crippen LogP contribution < -0.4 is 0 Å². The molecule has 0 aromatic heterocycles. The molecule has 0 aliphatic carbocycles. The summed E-state index contributed by atoms with van der Waals surface area (Å²) in [4.78, 5) is 24.4. The fourth-order valence-electron chi connectivity index (χ4n) is 6.22. The molecular weight excluding hydrogens is 765 g/mol. The van der Waals surface area contributed by atoms with Crippen LogP contribution in [0.5, 0.6) is 0 Å².